The lowest BCUT2D eigenvalue weighted by atomic mass is 9.72. The van der Waals surface area contributed by atoms with Crippen LogP contribution in [0.15, 0.2) is 54.6 Å². The van der Waals surface area contributed by atoms with Gasteiger partial charge in [0.25, 0.3) is 5.91 Å². The van der Waals surface area contributed by atoms with Crippen molar-refractivity contribution in [1.29, 1.82) is 0 Å². The molecule has 0 unspecified atom stereocenters. The summed E-state index contributed by atoms with van der Waals surface area (Å²) in [6.45, 7) is 5.94. The van der Waals surface area contributed by atoms with Crippen LogP contribution in [0, 0.1) is 6.92 Å². The standard InChI is InChI=1S/C23H27ClN2O/c1-3-20(21-10-9-19(24)15-17(21)2)22(27)26-13-11-23(16-25,12-14-26)18-7-5-4-6-8-18/h3-10,15H,11-14,16,25H2,1-2H3/b20-3+. The van der Waals surface area contributed by atoms with Crippen molar-refractivity contribution >= 4 is 23.1 Å². The van der Waals surface area contributed by atoms with Crippen LogP contribution in [-0.2, 0) is 10.2 Å². The van der Waals surface area contributed by atoms with E-state index in [1.54, 1.807) is 0 Å². The molecule has 0 aliphatic carbocycles. The molecule has 1 heterocycles. The van der Waals surface area contributed by atoms with Crippen LogP contribution in [0.1, 0.15) is 36.5 Å². The van der Waals surface area contributed by atoms with Crippen LogP contribution in [0.25, 0.3) is 5.57 Å². The Kier molecular flexibility index (Phi) is 6.03. The van der Waals surface area contributed by atoms with E-state index < -0.39 is 0 Å². The molecule has 1 aliphatic heterocycles. The summed E-state index contributed by atoms with van der Waals surface area (Å²) in [5, 5.41) is 0.688. The van der Waals surface area contributed by atoms with Gasteiger partial charge >= 0.3 is 0 Å². The molecule has 0 spiro atoms. The second kappa shape index (κ2) is 8.28. The van der Waals surface area contributed by atoms with Crippen LogP contribution >= 0.6 is 11.6 Å². The van der Waals surface area contributed by atoms with Crippen LogP contribution in [0.4, 0.5) is 0 Å². The number of halogens is 1. The first-order valence-corrected chi connectivity index (χ1v) is 9.86. The van der Waals surface area contributed by atoms with Crippen molar-refractivity contribution in [2.45, 2.75) is 32.1 Å². The predicted octanol–water partition coefficient (Wildman–Crippen LogP) is 4.57. The number of nitrogens with zero attached hydrogens (tertiary/aromatic N) is 1. The molecule has 1 amide bonds. The van der Waals surface area contributed by atoms with E-state index in [4.69, 9.17) is 17.3 Å². The largest absolute Gasteiger partial charge is 0.339 e. The Hall–Kier alpha value is -2.10. The number of amides is 1. The first-order chi connectivity index (χ1) is 13.0. The maximum atomic E-state index is 13.2. The lowest BCUT2D eigenvalue weighted by Gasteiger charge is -2.42. The minimum absolute atomic E-state index is 0.0374. The molecular formula is C23H27ClN2O. The molecule has 1 fully saturated rings. The van der Waals surface area contributed by atoms with E-state index in [-0.39, 0.29) is 11.3 Å². The molecule has 3 rings (SSSR count). The highest BCUT2D eigenvalue weighted by atomic mass is 35.5. The van der Waals surface area contributed by atoms with Gasteiger partial charge in [-0.05, 0) is 55.5 Å². The number of carbonyl (C=O) groups excluding carboxylic acids is 1. The summed E-state index contributed by atoms with van der Waals surface area (Å²) >= 11 is 6.07. The third-order valence-electron chi connectivity index (χ3n) is 5.78. The lowest BCUT2D eigenvalue weighted by molar-refractivity contribution is -0.126. The fraction of sp³-hybridized carbons (Fsp3) is 0.348. The molecule has 0 atom stereocenters. The average molecular weight is 383 g/mol. The fourth-order valence-electron chi connectivity index (χ4n) is 4.03. The maximum Gasteiger partial charge on any atom is 0.254 e. The molecule has 2 N–H and O–H groups in total. The quantitative estimate of drug-likeness (QED) is 0.787. The minimum Gasteiger partial charge on any atom is -0.339 e. The molecule has 4 heteroatoms. The highest BCUT2D eigenvalue weighted by molar-refractivity contribution is 6.30. The van der Waals surface area contributed by atoms with E-state index >= 15 is 0 Å². The normalized spacial score (nSPS) is 17.0. The van der Waals surface area contributed by atoms with Crippen LogP contribution in [0.5, 0.6) is 0 Å². The second-order valence-corrected chi connectivity index (χ2v) is 7.74. The molecule has 142 valence electrons. The van der Waals surface area contributed by atoms with E-state index in [2.05, 4.69) is 24.3 Å². The van der Waals surface area contributed by atoms with Crippen molar-refractivity contribution in [2.75, 3.05) is 19.6 Å². The fourth-order valence-corrected chi connectivity index (χ4v) is 4.26. The highest BCUT2D eigenvalue weighted by Crippen LogP contribution is 2.35. The Labute approximate surface area is 166 Å². The van der Waals surface area contributed by atoms with E-state index in [0.29, 0.717) is 11.6 Å². The monoisotopic (exact) mass is 382 g/mol. The summed E-state index contributed by atoms with van der Waals surface area (Å²) in [5.41, 5.74) is 10.1. The number of nitrogens with two attached hydrogens (primary N) is 1. The molecular weight excluding hydrogens is 356 g/mol. The number of rotatable bonds is 4. The minimum atomic E-state index is -0.0374. The lowest BCUT2D eigenvalue weighted by Crippen LogP contribution is -2.48. The van der Waals surface area contributed by atoms with Gasteiger partial charge in [0.05, 0.1) is 0 Å². The number of piperidine rings is 1. The molecule has 2 aromatic carbocycles. The molecule has 3 nitrogen and oxygen atoms in total. The Bertz CT molecular complexity index is 837. The van der Waals surface area contributed by atoms with Gasteiger partial charge in [0.2, 0.25) is 0 Å². The second-order valence-electron chi connectivity index (χ2n) is 7.30. The Morgan fingerprint density at radius 1 is 1.19 bits per heavy atom. The number of likely N-dealkylation sites (tertiary alicyclic amines) is 1. The van der Waals surface area contributed by atoms with Gasteiger partial charge in [-0.1, -0.05) is 54.1 Å². The van der Waals surface area contributed by atoms with Crippen LogP contribution in [0.3, 0.4) is 0 Å². The van der Waals surface area contributed by atoms with Gasteiger partial charge in [-0.2, -0.15) is 0 Å². The zero-order chi connectivity index (χ0) is 19.4. The molecule has 0 aromatic heterocycles. The number of hydrogen-bond acceptors (Lipinski definition) is 2. The zero-order valence-corrected chi connectivity index (χ0v) is 16.8. The van der Waals surface area contributed by atoms with Crippen molar-refractivity contribution in [3.63, 3.8) is 0 Å². The number of aryl methyl sites for hydroxylation is 1. The van der Waals surface area contributed by atoms with Crippen molar-refractivity contribution < 1.29 is 4.79 Å². The molecule has 1 aliphatic rings. The molecule has 1 saturated heterocycles. The highest BCUT2D eigenvalue weighted by Gasteiger charge is 2.36. The summed E-state index contributed by atoms with van der Waals surface area (Å²) < 4.78 is 0. The first kappa shape index (κ1) is 19.7. The van der Waals surface area contributed by atoms with Crippen LogP contribution < -0.4 is 5.73 Å². The third kappa shape index (κ3) is 3.95. The van der Waals surface area contributed by atoms with E-state index in [1.165, 1.54) is 5.56 Å². The number of benzene rings is 2. The zero-order valence-electron chi connectivity index (χ0n) is 16.0. The molecule has 2 aromatic rings. The Morgan fingerprint density at radius 3 is 2.41 bits per heavy atom. The summed E-state index contributed by atoms with van der Waals surface area (Å²) in [6, 6.07) is 16.1. The van der Waals surface area contributed by atoms with E-state index in [9.17, 15) is 4.79 Å². The van der Waals surface area contributed by atoms with Crippen molar-refractivity contribution in [3.8, 4) is 0 Å². The summed E-state index contributed by atoms with van der Waals surface area (Å²) in [4.78, 5) is 15.2. The van der Waals surface area contributed by atoms with Crippen molar-refractivity contribution in [2.24, 2.45) is 5.73 Å². The van der Waals surface area contributed by atoms with Gasteiger partial charge in [0.1, 0.15) is 0 Å². The molecule has 0 saturated carbocycles. The topological polar surface area (TPSA) is 46.3 Å². The van der Waals surface area contributed by atoms with Gasteiger partial charge in [0.15, 0.2) is 0 Å². The smallest absolute Gasteiger partial charge is 0.254 e. The van der Waals surface area contributed by atoms with E-state index in [1.807, 2.05) is 49.1 Å². The number of carbonyl (C=O) groups is 1. The van der Waals surface area contributed by atoms with Crippen molar-refractivity contribution in [3.05, 3.63) is 76.3 Å². The Balaban J connectivity index is 1.77. The van der Waals surface area contributed by atoms with Gasteiger partial charge < -0.3 is 10.6 Å². The van der Waals surface area contributed by atoms with Gasteiger partial charge in [-0.25, -0.2) is 0 Å². The summed E-state index contributed by atoms with van der Waals surface area (Å²) in [5.74, 6) is 0.0848. The molecule has 27 heavy (non-hydrogen) atoms. The van der Waals surface area contributed by atoms with Crippen molar-refractivity contribution in [1.82, 2.24) is 4.90 Å². The maximum absolute atomic E-state index is 13.2. The first-order valence-electron chi connectivity index (χ1n) is 9.48. The SMILES string of the molecule is C/C=C(/C(=O)N1CCC(CN)(c2ccccc2)CC1)c1ccc(Cl)cc1C. The van der Waals surface area contributed by atoms with Gasteiger partial charge in [-0.3, -0.25) is 4.79 Å². The summed E-state index contributed by atoms with van der Waals surface area (Å²) in [7, 11) is 0. The average Bonchev–Trinajstić information content (AvgIpc) is 2.70. The third-order valence-corrected chi connectivity index (χ3v) is 6.02. The van der Waals surface area contributed by atoms with E-state index in [0.717, 1.165) is 42.6 Å². The van der Waals surface area contributed by atoms with Crippen LogP contribution in [0.2, 0.25) is 5.02 Å². The number of hydrogen-bond donors (Lipinski definition) is 1. The van der Waals surface area contributed by atoms with Gasteiger partial charge in [0, 0.05) is 35.6 Å². The predicted molar refractivity (Wildman–Crippen MR) is 113 cm³/mol. The molecule has 0 bridgehead atoms. The van der Waals surface area contributed by atoms with Crippen LogP contribution in [-0.4, -0.2) is 30.4 Å². The summed E-state index contributed by atoms with van der Waals surface area (Å²) in [6.07, 6.45) is 3.67. The Morgan fingerprint density at radius 2 is 1.85 bits per heavy atom. The molecule has 0 radical (unpaired) electrons. The van der Waals surface area contributed by atoms with Gasteiger partial charge in [-0.15, -0.1) is 0 Å². The number of allylic oxidation sites excluding steroid dienone is 1.